The van der Waals surface area contributed by atoms with E-state index in [-0.39, 0.29) is 4.90 Å². The molecule has 0 aromatic heterocycles. The number of carbonyl (C=O) groups is 1. The molecule has 0 radical (unpaired) electrons. The van der Waals surface area contributed by atoms with E-state index >= 15 is 0 Å². The molecule has 1 atom stereocenters. The molecular weight excluding hydrogens is 510 g/mol. The zero-order valence-electron chi connectivity index (χ0n) is 19.6. The van der Waals surface area contributed by atoms with Crippen LogP contribution in [0.25, 0.3) is 0 Å². The van der Waals surface area contributed by atoms with Gasteiger partial charge in [0.25, 0.3) is 10.0 Å². The van der Waals surface area contributed by atoms with Crippen LogP contribution in [-0.4, -0.2) is 35.0 Å². The quantitative estimate of drug-likeness (QED) is 0.439. The minimum atomic E-state index is -3.88. The van der Waals surface area contributed by atoms with Crippen molar-refractivity contribution in [1.82, 2.24) is 0 Å². The molecule has 8 nitrogen and oxygen atoms in total. The van der Waals surface area contributed by atoms with Crippen LogP contribution >= 0.6 is 11.6 Å². The molecule has 11 heteroatoms. The number of sulfonamides is 2. The third-order valence-electron chi connectivity index (χ3n) is 5.20. The van der Waals surface area contributed by atoms with Gasteiger partial charge in [0.15, 0.2) is 0 Å². The van der Waals surface area contributed by atoms with Gasteiger partial charge in [-0.1, -0.05) is 29.8 Å². The number of halogens is 1. The number of aryl methyl sites for hydroxylation is 2. The molecule has 0 bridgehead atoms. The SMILES string of the molecule is Cc1ccc(C)c(N([C@@H](C)C(=O)Nc2ccc(S(=O)(=O)Nc3cccc(Cl)c3)cc2)S(C)(=O)=O)c1. The Bertz CT molecular complexity index is 1460. The van der Waals surface area contributed by atoms with Gasteiger partial charge in [-0.3, -0.25) is 13.8 Å². The molecule has 0 fully saturated rings. The predicted molar refractivity (Wildman–Crippen MR) is 140 cm³/mol. The molecule has 0 aliphatic heterocycles. The molecule has 3 rings (SSSR count). The molecule has 2 N–H and O–H groups in total. The smallest absolute Gasteiger partial charge is 0.261 e. The summed E-state index contributed by atoms with van der Waals surface area (Å²) in [5.74, 6) is -0.566. The topological polar surface area (TPSA) is 113 Å². The van der Waals surface area contributed by atoms with Gasteiger partial charge in [-0.2, -0.15) is 0 Å². The molecule has 0 heterocycles. The molecule has 0 unspecified atom stereocenters. The van der Waals surface area contributed by atoms with Gasteiger partial charge in [0.2, 0.25) is 15.9 Å². The Balaban J connectivity index is 1.79. The summed E-state index contributed by atoms with van der Waals surface area (Å²) in [6.07, 6.45) is 1.05. The number of nitrogens with one attached hydrogen (secondary N) is 2. The number of hydrogen-bond acceptors (Lipinski definition) is 5. The maximum atomic E-state index is 13.0. The minimum Gasteiger partial charge on any atom is -0.324 e. The maximum absolute atomic E-state index is 13.0. The Morgan fingerprint density at radius 3 is 2.17 bits per heavy atom. The van der Waals surface area contributed by atoms with E-state index in [1.54, 1.807) is 37.3 Å². The van der Waals surface area contributed by atoms with Gasteiger partial charge < -0.3 is 5.32 Å². The summed E-state index contributed by atoms with van der Waals surface area (Å²) in [7, 11) is -7.66. The highest BCUT2D eigenvalue weighted by Gasteiger charge is 2.30. The van der Waals surface area contributed by atoms with E-state index in [0.29, 0.717) is 27.6 Å². The van der Waals surface area contributed by atoms with Gasteiger partial charge in [0.05, 0.1) is 22.5 Å². The summed E-state index contributed by atoms with van der Waals surface area (Å²) in [5, 5.41) is 3.05. The van der Waals surface area contributed by atoms with Crippen LogP contribution in [0, 0.1) is 13.8 Å². The Labute approximate surface area is 211 Å². The highest BCUT2D eigenvalue weighted by Crippen LogP contribution is 2.27. The second-order valence-corrected chi connectivity index (χ2v) is 12.1. The second-order valence-electron chi connectivity index (χ2n) is 8.15. The highest BCUT2D eigenvalue weighted by molar-refractivity contribution is 7.92. The van der Waals surface area contributed by atoms with E-state index in [9.17, 15) is 21.6 Å². The van der Waals surface area contributed by atoms with Gasteiger partial charge >= 0.3 is 0 Å². The van der Waals surface area contributed by atoms with Gasteiger partial charge in [-0.05, 0) is 80.4 Å². The first-order valence-electron chi connectivity index (χ1n) is 10.5. The fourth-order valence-corrected chi connectivity index (χ4v) is 5.93. The summed E-state index contributed by atoms with van der Waals surface area (Å²) in [4.78, 5) is 12.9. The monoisotopic (exact) mass is 535 g/mol. The normalized spacial score (nSPS) is 12.6. The van der Waals surface area contributed by atoms with Gasteiger partial charge in [0.1, 0.15) is 6.04 Å². The number of benzene rings is 3. The number of hydrogen-bond donors (Lipinski definition) is 2. The number of anilines is 3. The van der Waals surface area contributed by atoms with E-state index in [2.05, 4.69) is 10.0 Å². The predicted octanol–water partition coefficient (Wildman–Crippen LogP) is 4.55. The van der Waals surface area contributed by atoms with E-state index in [1.165, 1.54) is 37.3 Å². The van der Waals surface area contributed by atoms with E-state index < -0.39 is 32.0 Å². The lowest BCUT2D eigenvalue weighted by Gasteiger charge is -2.29. The van der Waals surface area contributed by atoms with Crippen LogP contribution in [-0.2, 0) is 24.8 Å². The lowest BCUT2D eigenvalue weighted by atomic mass is 10.1. The van der Waals surface area contributed by atoms with Crippen molar-refractivity contribution in [2.45, 2.75) is 31.7 Å². The number of carbonyl (C=O) groups excluding carboxylic acids is 1. The van der Waals surface area contributed by atoms with Gasteiger partial charge in [-0.15, -0.1) is 0 Å². The summed E-state index contributed by atoms with van der Waals surface area (Å²) < 4.78 is 54.0. The van der Waals surface area contributed by atoms with Crippen molar-refractivity contribution in [2.24, 2.45) is 0 Å². The molecule has 0 aliphatic carbocycles. The largest absolute Gasteiger partial charge is 0.324 e. The van der Waals surface area contributed by atoms with Crippen molar-refractivity contribution in [3.05, 3.63) is 82.9 Å². The first-order chi connectivity index (χ1) is 16.3. The molecule has 1 amide bonds. The fraction of sp³-hybridized carbons (Fsp3) is 0.208. The first kappa shape index (κ1) is 26.5. The van der Waals surface area contributed by atoms with Gasteiger partial charge in [-0.25, -0.2) is 16.8 Å². The van der Waals surface area contributed by atoms with E-state index in [1.807, 2.05) is 13.0 Å². The van der Waals surface area contributed by atoms with Crippen molar-refractivity contribution < 1.29 is 21.6 Å². The molecule has 186 valence electrons. The summed E-state index contributed by atoms with van der Waals surface area (Å²) in [5.41, 5.74) is 2.62. The van der Waals surface area contributed by atoms with Crippen LogP contribution in [0.15, 0.2) is 71.6 Å². The Morgan fingerprint density at radius 2 is 1.57 bits per heavy atom. The zero-order valence-corrected chi connectivity index (χ0v) is 22.0. The zero-order chi connectivity index (χ0) is 26.0. The third kappa shape index (κ3) is 6.53. The van der Waals surface area contributed by atoms with E-state index in [4.69, 9.17) is 11.6 Å². The van der Waals surface area contributed by atoms with Crippen LogP contribution in [0.1, 0.15) is 18.1 Å². The molecule has 3 aromatic rings. The van der Waals surface area contributed by atoms with Crippen LogP contribution < -0.4 is 14.3 Å². The number of amides is 1. The molecule has 35 heavy (non-hydrogen) atoms. The number of nitrogens with zero attached hydrogens (tertiary/aromatic N) is 1. The van der Waals surface area contributed by atoms with Crippen molar-refractivity contribution in [2.75, 3.05) is 20.6 Å². The summed E-state index contributed by atoms with van der Waals surface area (Å²) >= 11 is 5.90. The lowest BCUT2D eigenvalue weighted by molar-refractivity contribution is -0.116. The Morgan fingerprint density at radius 1 is 0.914 bits per heavy atom. The molecule has 0 spiro atoms. The molecule has 0 aliphatic rings. The molecule has 3 aromatic carbocycles. The van der Waals surface area contributed by atoms with Gasteiger partial charge in [0, 0.05) is 10.7 Å². The standard InChI is InChI=1S/C24H26ClN3O5S2/c1-16-8-9-17(2)23(14-16)28(34(4,30)31)18(3)24(29)26-20-10-12-22(13-11-20)35(32,33)27-21-7-5-6-19(25)15-21/h5-15,18,27H,1-4H3,(H,26,29)/t18-/m0/s1. The van der Waals surface area contributed by atoms with Crippen LogP contribution in [0.2, 0.25) is 5.02 Å². The van der Waals surface area contributed by atoms with Crippen molar-refractivity contribution in [3.8, 4) is 0 Å². The van der Waals surface area contributed by atoms with Crippen molar-refractivity contribution in [3.63, 3.8) is 0 Å². The van der Waals surface area contributed by atoms with E-state index in [0.717, 1.165) is 16.1 Å². The minimum absolute atomic E-state index is 0.0170. The second kappa shape index (κ2) is 10.3. The average molecular weight is 536 g/mol. The third-order valence-corrected chi connectivity index (χ3v) is 8.06. The first-order valence-corrected chi connectivity index (χ1v) is 14.2. The summed E-state index contributed by atoms with van der Waals surface area (Å²) in [6.45, 7) is 5.10. The summed E-state index contributed by atoms with van der Waals surface area (Å²) in [6, 6.07) is 16.2. The average Bonchev–Trinajstić information content (AvgIpc) is 2.75. The Kier molecular flexibility index (Phi) is 7.78. The molecule has 0 saturated heterocycles. The van der Waals surface area contributed by atoms with Crippen LogP contribution in [0.4, 0.5) is 17.1 Å². The van der Waals surface area contributed by atoms with Crippen LogP contribution in [0.3, 0.4) is 0 Å². The van der Waals surface area contributed by atoms with Crippen LogP contribution in [0.5, 0.6) is 0 Å². The highest BCUT2D eigenvalue weighted by atomic mass is 35.5. The van der Waals surface area contributed by atoms with Crippen molar-refractivity contribution >= 4 is 54.6 Å². The lowest BCUT2D eigenvalue weighted by Crippen LogP contribution is -2.45. The molecule has 0 saturated carbocycles. The Hall–Kier alpha value is -3.08. The number of rotatable bonds is 8. The molecular formula is C24H26ClN3O5S2. The maximum Gasteiger partial charge on any atom is 0.261 e. The fourth-order valence-electron chi connectivity index (χ4n) is 3.47. The van der Waals surface area contributed by atoms with Crippen molar-refractivity contribution in [1.29, 1.82) is 0 Å².